The monoisotopic (exact) mass is 422 g/mol. The maximum atomic E-state index is 12.7. The quantitative estimate of drug-likeness (QED) is 0.709. The number of anilines is 1. The van der Waals surface area contributed by atoms with Crippen molar-refractivity contribution < 1.29 is 14.3 Å². The van der Waals surface area contributed by atoms with Crippen LogP contribution in [0.25, 0.3) is 0 Å². The van der Waals surface area contributed by atoms with Gasteiger partial charge in [0, 0.05) is 25.4 Å². The van der Waals surface area contributed by atoms with E-state index in [1.54, 1.807) is 0 Å². The summed E-state index contributed by atoms with van der Waals surface area (Å²) in [5, 5.41) is 3.04. The molecule has 0 bridgehead atoms. The second-order valence-electron chi connectivity index (χ2n) is 9.11. The molecule has 1 amide bonds. The van der Waals surface area contributed by atoms with Crippen LogP contribution in [0.5, 0.6) is 0 Å². The minimum absolute atomic E-state index is 0.0161. The molecule has 1 N–H and O–H groups in total. The van der Waals surface area contributed by atoms with Crippen LogP contribution in [0, 0.1) is 0 Å². The number of amides is 1. The van der Waals surface area contributed by atoms with Crippen LogP contribution in [0.4, 0.5) is 5.69 Å². The molecule has 2 atom stereocenters. The van der Waals surface area contributed by atoms with E-state index in [4.69, 9.17) is 9.47 Å². The van der Waals surface area contributed by atoms with Crippen molar-refractivity contribution in [2.45, 2.75) is 57.3 Å². The average Bonchev–Trinajstić information content (AvgIpc) is 3.24. The largest absolute Gasteiger partial charge is 0.372 e. The fraction of sp³-hybridized carbons (Fsp3) is 0.500. The first-order valence-corrected chi connectivity index (χ1v) is 11.5. The van der Waals surface area contributed by atoms with Crippen molar-refractivity contribution in [3.05, 3.63) is 65.7 Å². The second-order valence-corrected chi connectivity index (χ2v) is 9.11. The number of nitrogens with one attached hydrogen (secondary N) is 1. The zero-order chi connectivity index (χ0) is 21.7. The molecule has 4 rings (SSSR count). The Morgan fingerprint density at radius 1 is 1.16 bits per heavy atom. The van der Waals surface area contributed by atoms with E-state index in [9.17, 15) is 4.79 Å². The lowest BCUT2D eigenvalue weighted by molar-refractivity contribution is -0.159. The number of likely N-dealkylation sites (tertiary alicyclic amines) is 1. The van der Waals surface area contributed by atoms with E-state index < -0.39 is 0 Å². The molecular weight excluding hydrogens is 388 g/mol. The highest BCUT2D eigenvalue weighted by Crippen LogP contribution is 2.38. The number of ether oxygens (including phenoxy) is 2. The number of benzene rings is 2. The Morgan fingerprint density at radius 3 is 2.61 bits per heavy atom. The van der Waals surface area contributed by atoms with Crippen molar-refractivity contribution >= 4 is 11.6 Å². The molecule has 2 heterocycles. The van der Waals surface area contributed by atoms with Gasteiger partial charge in [-0.05, 0) is 48.4 Å². The third-order valence-electron chi connectivity index (χ3n) is 6.52. The number of hydrogen-bond donors (Lipinski definition) is 1. The maximum Gasteiger partial charge on any atom is 0.238 e. The topological polar surface area (TPSA) is 50.8 Å². The fourth-order valence-electron chi connectivity index (χ4n) is 4.64. The predicted molar refractivity (Wildman–Crippen MR) is 123 cm³/mol. The smallest absolute Gasteiger partial charge is 0.238 e. The molecule has 5 nitrogen and oxygen atoms in total. The van der Waals surface area contributed by atoms with Gasteiger partial charge < -0.3 is 14.8 Å². The molecular formula is C26H34N2O3. The molecule has 2 aromatic rings. The summed E-state index contributed by atoms with van der Waals surface area (Å²) in [7, 11) is 0. The molecule has 5 heteroatoms. The maximum absolute atomic E-state index is 12.7. The lowest BCUT2D eigenvalue weighted by Gasteiger charge is -2.44. The lowest BCUT2D eigenvalue weighted by atomic mass is 9.85. The summed E-state index contributed by atoms with van der Waals surface area (Å²) in [5.74, 6) is 0.499. The number of carbonyl (C=O) groups excluding carboxylic acids is 1. The fourth-order valence-corrected chi connectivity index (χ4v) is 4.64. The van der Waals surface area contributed by atoms with Gasteiger partial charge in [0.1, 0.15) is 0 Å². The van der Waals surface area contributed by atoms with Crippen LogP contribution in [0.2, 0.25) is 0 Å². The van der Waals surface area contributed by atoms with Crippen molar-refractivity contribution in [1.82, 2.24) is 4.90 Å². The van der Waals surface area contributed by atoms with Gasteiger partial charge in [0.2, 0.25) is 5.91 Å². The number of carbonyl (C=O) groups is 1. The van der Waals surface area contributed by atoms with E-state index in [1.807, 2.05) is 30.3 Å². The molecule has 2 aliphatic heterocycles. The van der Waals surface area contributed by atoms with Crippen LogP contribution >= 0.6 is 0 Å². The van der Waals surface area contributed by atoms with Gasteiger partial charge in [-0.15, -0.1) is 0 Å². The van der Waals surface area contributed by atoms with Crippen LogP contribution in [-0.4, -0.2) is 48.8 Å². The minimum atomic E-state index is -0.200. The van der Waals surface area contributed by atoms with Crippen LogP contribution in [0.3, 0.4) is 0 Å². The van der Waals surface area contributed by atoms with Crippen molar-refractivity contribution in [3.8, 4) is 0 Å². The van der Waals surface area contributed by atoms with Gasteiger partial charge in [0.25, 0.3) is 0 Å². The first kappa shape index (κ1) is 22.0. The van der Waals surface area contributed by atoms with E-state index in [0.29, 0.717) is 25.6 Å². The van der Waals surface area contributed by atoms with E-state index in [2.05, 4.69) is 48.3 Å². The van der Waals surface area contributed by atoms with Crippen LogP contribution < -0.4 is 5.32 Å². The normalized spacial score (nSPS) is 24.0. The number of piperidine rings is 1. The Morgan fingerprint density at radius 2 is 1.94 bits per heavy atom. The summed E-state index contributed by atoms with van der Waals surface area (Å²) in [6.07, 6.45) is 3.00. The second kappa shape index (κ2) is 9.94. The first-order valence-electron chi connectivity index (χ1n) is 11.5. The lowest BCUT2D eigenvalue weighted by Crippen LogP contribution is -2.57. The van der Waals surface area contributed by atoms with Gasteiger partial charge in [-0.1, -0.05) is 56.3 Å². The van der Waals surface area contributed by atoms with Gasteiger partial charge in [-0.3, -0.25) is 9.69 Å². The zero-order valence-corrected chi connectivity index (χ0v) is 18.7. The minimum Gasteiger partial charge on any atom is -0.372 e. The summed E-state index contributed by atoms with van der Waals surface area (Å²) in [5.41, 5.74) is 3.08. The van der Waals surface area contributed by atoms with E-state index in [1.165, 1.54) is 5.56 Å². The molecule has 2 saturated heterocycles. The Labute approximate surface area is 185 Å². The van der Waals surface area contributed by atoms with Crippen molar-refractivity contribution in [3.63, 3.8) is 0 Å². The Kier molecular flexibility index (Phi) is 7.06. The third kappa shape index (κ3) is 5.53. The summed E-state index contributed by atoms with van der Waals surface area (Å²) in [6, 6.07) is 18.4. The molecule has 2 fully saturated rings. The molecule has 31 heavy (non-hydrogen) atoms. The van der Waals surface area contributed by atoms with Crippen molar-refractivity contribution in [1.29, 1.82) is 0 Å². The van der Waals surface area contributed by atoms with Crippen molar-refractivity contribution in [2.24, 2.45) is 0 Å². The van der Waals surface area contributed by atoms with Crippen molar-refractivity contribution in [2.75, 3.05) is 31.6 Å². The predicted octanol–water partition coefficient (Wildman–Crippen LogP) is 4.59. The average molecular weight is 423 g/mol. The highest BCUT2D eigenvalue weighted by Gasteiger charge is 2.47. The van der Waals surface area contributed by atoms with E-state index in [0.717, 1.165) is 43.7 Å². The van der Waals surface area contributed by atoms with E-state index in [-0.39, 0.29) is 17.6 Å². The summed E-state index contributed by atoms with van der Waals surface area (Å²) in [4.78, 5) is 14.9. The van der Waals surface area contributed by atoms with Gasteiger partial charge in [0.15, 0.2) is 0 Å². The van der Waals surface area contributed by atoms with Gasteiger partial charge in [0.05, 0.1) is 24.9 Å². The number of hydrogen-bond acceptors (Lipinski definition) is 4. The first-order chi connectivity index (χ1) is 15.0. The van der Waals surface area contributed by atoms with Gasteiger partial charge in [-0.2, -0.15) is 0 Å². The van der Waals surface area contributed by atoms with Gasteiger partial charge >= 0.3 is 0 Å². The molecule has 166 valence electrons. The Bertz CT molecular complexity index is 845. The highest BCUT2D eigenvalue weighted by molar-refractivity contribution is 5.92. The van der Waals surface area contributed by atoms with E-state index >= 15 is 0 Å². The standard InChI is InChI=1S/C26H34N2O3/c1-20(2)22-9-11-23(12-10-22)27-25(29)18-28-15-14-26(13-6-16-31-26)24(17-28)30-19-21-7-4-3-5-8-21/h3-5,7-12,20,24H,6,13-19H2,1-2H3,(H,27,29)/t24-,26+/m0/s1. The molecule has 1 spiro atoms. The summed E-state index contributed by atoms with van der Waals surface area (Å²) < 4.78 is 12.6. The van der Waals surface area contributed by atoms with Crippen LogP contribution in [0.15, 0.2) is 54.6 Å². The Balaban J connectivity index is 1.34. The van der Waals surface area contributed by atoms with Crippen LogP contribution in [-0.2, 0) is 20.9 Å². The Hall–Kier alpha value is -2.21. The summed E-state index contributed by atoms with van der Waals surface area (Å²) in [6.45, 7) is 7.64. The zero-order valence-electron chi connectivity index (χ0n) is 18.7. The third-order valence-corrected chi connectivity index (χ3v) is 6.52. The van der Waals surface area contributed by atoms with Gasteiger partial charge in [-0.25, -0.2) is 0 Å². The molecule has 2 aromatic carbocycles. The summed E-state index contributed by atoms with van der Waals surface area (Å²) >= 11 is 0. The molecule has 0 saturated carbocycles. The highest BCUT2D eigenvalue weighted by atomic mass is 16.6. The molecule has 2 aliphatic rings. The van der Waals surface area contributed by atoms with Crippen LogP contribution in [0.1, 0.15) is 50.2 Å². The molecule has 0 aromatic heterocycles. The number of rotatable bonds is 7. The molecule has 0 aliphatic carbocycles. The molecule has 0 unspecified atom stereocenters. The SMILES string of the molecule is CC(C)c1ccc(NC(=O)CN2CC[C@]3(CCCO3)[C@@H](OCc3ccccc3)C2)cc1. The molecule has 0 radical (unpaired) electrons. The number of nitrogens with zero attached hydrogens (tertiary/aromatic N) is 1.